The summed E-state index contributed by atoms with van der Waals surface area (Å²) < 4.78 is 0. The minimum Gasteiger partial charge on any atom is -0.336 e. The Hall–Kier alpha value is -3.40. The highest BCUT2D eigenvalue weighted by Crippen LogP contribution is 2.42. The van der Waals surface area contributed by atoms with E-state index < -0.39 is 0 Å². The van der Waals surface area contributed by atoms with Crippen molar-refractivity contribution < 1.29 is 9.59 Å². The lowest BCUT2D eigenvalue weighted by molar-refractivity contribution is 0.100. The van der Waals surface area contributed by atoms with Crippen LogP contribution in [0.1, 0.15) is 97.8 Å². The Bertz CT molecular complexity index is 1090. The first-order chi connectivity index (χ1) is 18.7. The van der Waals surface area contributed by atoms with Crippen LogP contribution in [0.25, 0.3) is 0 Å². The van der Waals surface area contributed by atoms with Crippen LogP contribution in [0.4, 0.5) is 11.4 Å². The normalized spacial score (nSPS) is 16.2. The Labute approximate surface area is 228 Å². The number of hydrogen-bond acceptors (Lipinski definition) is 4. The molecule has 4 heteroatoms. The van der Waals surface area contributed by atoms with Crippen LogP contribution >= 0.6 is 0 Å². The van der Waals surface area contributed by atoms with Crippen LogP contribution in [0, 0.1) is 0 Å². The molecule has 2 aliphatic heterocycles. The van der Waals surface area contributed by atoms with Crippen molar-refractivity contribution in [2.75, 3.05) is 22.9 Å². The maximum absolute atomic E-state index is 13.8. The minimum atomic E-state index is -0.0304. The van der Waals surface area contributed by atoms with Gasteiger partial charge in [-0.3, -0.25) is 9.59 Å². The fourth-order valence-electron chi connectivity index (χ4n) is 5.66. The van der Waals surface area contributed by atoms with Crippen LogP contribution < -0.4 is 9.80 Å². The number of ketones is 2. The lowest BCUT2D eigenvalue weighted by Gasteiger charge is -2.26. The summed E-state index contributed by atoms with van der Waals surface area (Å²) in [5.74, 6) is -0.0608. The number of allylic oxidation sites excluding steroid dienone is 4. The highest BCUT2D eigenvalue weighted by atomic mass is 16.1. The van der Waals surface area contributed by atoms with Crippen LogP contribution in [0.3, 0.4) is 0 Å². The number of hydrogen-bond donors (Lipinski definition) is 0. The van der Waals surface area contributed by atoms with Gasteiger partial charge in [0.15, 0.2) is 0 Å². The molecule has 2 aromatic carbocycles. The van der Waals surface area contributed by atoms with E-state index in [4.69, 9.17) is 0 Å². The van der Waals surface area contributed by atoms with Gasteiger partial charge in [0.25, 0.3) is 0 Å². The van der Waals surface area contributed by atoms with E-state index in [0.29, 0.717) is 22.5 Å². The van der Waals surface area contributed by atoms with Crippen LogP contribution in [0.5, 0.6) is 0 Å². The Morgan fingerprint density at radius 2 is 0.895 bits per heavy atom. The molecule has 0 saturated carbocycles. The molecule has 0 bridgehead atoms. The van der Waals surface area contributed by atoms with Crippen LogP contribution in [0.15, 0.2) is 85.2 Å². The van der Waals surface area contributed by atoms with E-state index >= 15 is 0 Å². The van der Waals surface area contributed by atoms with Gasteiger partial charge in [-0.2, -0.15) is 0 Å². The predicted octanol–water partition coefficient (Wildman–Crippen LogP) is 8.66. The van der Waals surface area contributed by atoms with Gasteiger partial charge in [-0.25, -0.2) is 0 Å². The van der Waals surface area contributed by atoms with Crippen molar-refractivity contribution in [3.8, 4) is 0 Å². The van der Waals surface area contributed by atoms with Gasteiger partial charge in [-0.05, 0) is 62.8 Å². The quantitative estimate of drug-likeness (QED) is 0.129. The molecule has 0 unspecified atom stereocenters. The number of para-hydroxylation sites is 2. The third-order valence-electron chi connectivity index (χ3n) is 7.65. The standard InChI is InChI=1S/C34H42N2O2/c1-3-5-7-9-11-13-19-25-35-29-23-17-15-21-27(29)33(37)31(35)32-34(38)28-22-16-18-24-30(28)36(32)26-20-14-12-10-8-6-4-2/h3-4,15-18,21-24H,1-2,5-14,19-20,25-26H2/b32-31+. The van der Waals surface area contributed by atoms with Crippen LogP contribution in [-0.2, 0) is 0 Å². The van der Waals surface area contributed by atoms with E-state index in [2.05, 4.69) is 23.0 Å². The van der Waals surface area contributed by atoms with Crippen LogP contribution in [-0.4, -0.2) is 24.7 Å². The fourth-order valence-corrected chi connectivity index (χ4v) is 5.66. The van der Waals surface area contributed by atoms with Gasteiger partial charge in [-0.1, -0.05) is 74.9 Å². The summed E-state index contributed by atoms with van der Waals surface area (Å²) in [5.41, 5.74) is 4.38. The molecule has 0 fully saturated rings. The monoisotopic (exact) mass is 510 g/mol. The van der Waals surface area contributed by atoms with Gasteiger partial charge in [0.05, 0.1) is 11.4 Å². The predicted molar refractivity (Wildman–Crippen MR) is 159 cm³/mol. The minimum absolute atomic E-state index is 0.0304. The summed E-state index contributed by atoms with van der Waals surface area (Å²) in [6.07, 6.45) is 17.4. The fraction of sp³-hybridized carbons (Fsp3) is 0.412. The molecule has 0 saturated heterocycles. The first-order valence-corrected chi connectivity index (χ1v) is 14.5. The molecule has 0 aromatic heterocycles. The van der Waals surface area contributed by atoms with E-state index in [9.17, 15) is 9.59 Å². The second kappa shape index (κ2) is 13.9. The molecule has 0 aliphatic carbocycles. The van der Waals surface area contributed by atoms with Gasteiger partial charge in [0, 0.05) is 24.2 Å². The molecule has 4 rings (SSSR count). The first kappa shape index (κ1) is 27.6. The van der Waals surface area contributed by atoms with Gasteiger partial charge in [0.2, 0.25) is 11.6 Å². The number of anilines is 2. The maximum Gasteiger partial charge on any atom is 0.213 e. The maximum atomic E-state index is 13.8. The highest BCUT2D eigenvalue weighted by molar-refractivity contribution is 6.28. The van der Waals surface area contributed by atoms with E-state index in [1.165, 1.54) is 38.5 Å². The molecule has 2 aliphatic rings. The van der Waals surface area contributed by atoms with Crippen molar-refractivity contribution in [2.24, 2.45) is 0 Å². The zero-order valence-corrected chi connectivity index (χ0v) is 22.8. The summed E-state index contributed by atoms with van der Waals surface area (Å²) in [6, 6.07) is 15.6. The summed E-state index contributed by atoms with van der Waals surface area (Å²) in [4.78, 5) is 31.9. The Morgan fingerprint density at radius 1 is 0.526 bits per heavy atom. The topological polar surface area (TPSA) is 40.6 Å². The number of benzene rings is 2. The molecule has 0 atom stereocenters. The number of rotatable bonds is 16. The third kappa shape index (κ3) is 6.18. The molecule has 0 amide bonds. The number of nitrogens with zero attached hydrogens (tertiary/aromatic N) is 2. The second-order valence-corrected chi connectivity index (χ2v) is 10.4. The van der Waals surface area contributed by atoms with Crippen LogP contribution in [0.2, 0.25) is 0 Å². The van der Waals surface area contributed by atoms with Gasteiger partial charge < -0.3 is 9.80 Å². The molecule has 0 radical (unpaired) electrons. The molecule has 4 nitrogen and oxygen atoms in total. The number of fused-ring (bicyclic) bond motifs is 2. The molecule has 2 aromatic rings. The van der Waals surface area contributed by atoms with Crippen molar-refractivity contribution in [1.82, 2.24) is 0 Å². The lowest BCUT2D eigenvalue weighted by Crippen LogP contribution is -2.31. The third-order valence-corrected chi connectivity index (χ3v) is 7.65. The number of Topliss-reactive ketones (excluding diaryl/α,β-unsaturated/α-hetero) is 2. The van der Waals surface area contributed by atoms with Crippen molar-refractivity contribution in [3.05, 3.63) is 96.4 Å². The zero-order chi connectivity index (χ0) is 26.7. The average Bonchev–Trinajstić information content (AvgIpc) is 3.37. The van der Waals surface area contributed by atoms with E-state index in [0.717, 1.165) is 63.0 Å². The summed E-state index contributed by atoms with van der Waals surface area (Å²) in [7, 11) is 0. The van der Waals surface area contributed by atoms with Crippen molar-refractivity contribution >= 4 is 22.9 Å². The van der Waals surface area contributed by atoms with E-state index in [1.807, 2.05) is 60.7 Å². The molecule has 0 N–H and O–H groups in total. The smallest absolute Gasteiger partial charge is 0.213 e. The SMILES string of the molecule is C=CCCCCCCCN1/C(=C2\C(=O)c3ccccc3N2CCCCCCCC=C)C(=O)c2ccccc21. The lowest BCUT2D eigenvalue weighted by atomic mass is 10.1. The van der Waals surface area contributed by atoms with Crippen molar-refractivity contribution in [1.29, 1.82) is 0 Å². The van der Waals surface area contributed by atoms with Gasteiger partial charge in [0.1, 0.15) is 11.4 Å². The summed E-state index contributed by atoms with van der Waals surface area (Å²) in [6.45, 7) is 9.10. The molecule has 200 valence electrons. The summed E-state index contributed by atoms with van der Waals surface area (Å²) >= 11 is 0. The Kier molecular flexibility index (Phi) is 10.1. The van der Waals surface area contributed by atoms with Gasteiger partial charge >= 0.3 is 0 Å². The number of carbonyl (C=O) groups is 2. The number of unbranched alkanes of at least 4 members (excludes halogenated alkanes) is 10. The Morgan fingerprint density at radius 3 is 1.32 bits per heavy atom. The molecular weight excluding hydrogens is 468 g/mol. The summed E-state index contributed by atoms with van der Waals surface area (Å²) in [5, 5.41) is 0. The molecular formula is C34H42N2O2. The molecule has 38 heavy (non-hydrogen) atoms. The average molecular weight is 511 g/mol. The highest BCUT2D eigenvalue weighted by Gasteiger charge is 2.42. The molecule has 2 heterocycles. The van der Waals surface area contributed by atoms with E-state index in [1.54, 1.807) is 0 Å². The van der Waals surface area contributed by atoms with Crippen molar-refractivity contribution in [2.45, 2.75) is 77.0 Å². The molecule has 0 spiro atoms. The van der Waals surface area contributed by atoms with Crippen molar-refractivity contribution in [3.63, 3.8) is 0 Å². The number of carbonyl (C=O) groups excluding carboxylic acids is 2. The first-order valence-electron chi connectivity index (χ1n) is 14.5. The van der Waals surface area contributed by atoms with Gasteiger partial charge in [-0.15, -0.1) is 13.2 Å². The largest absolute Gasteiger partial charge is 0.336 e. The zero-order valence-electron chi connectivity index (χ0n) is 22.8. The Balaban J connectivity index is 1.57. The van der Waals surface area contributed by atoms with E-state index in [-0.39, 0.29) is 11.6 Å². The second-order valence-electron chi connectivity index (χ2n) is 10.4.